The van der Waals surface area contributed by atoms with E-state index < -0.39 is 6.17 Å². The SMILES string of the molecule is Cn1cc(-c2cc(C#N)ccc2-c2nnc(N[C@H]3N=C(c4ccccc4)c4ccccc4CC3=O)o2)ccc1=O. The van der Waals surface area contributed by atoms with Gasteiger partial charge in [-0.15, -0.1) is 5.10 Å². The van der Waals surface area contributed by atoms with Gasteiger partial charge in [-0.1, -0.05) is 59.7 Å². The standard InChI is InChI=1S/C31H22N6O3/c1-37-18-22(12-14-27(37)39)25-15-19(17-32)11-13-24(25)30-35-36-31(40-30)34-29-26(38)16-21-9-5-6-10-23(21)28(33-29)20-7-3-2-4-8-20/h2-15,18,29H,16H2,1H3,(H,34,36)/t29-/m1/s1. The molecule has 3 aromatic carbocycles. The summed E-state index contributed by atoms with van der Waals surface area (Å²) in [6.07, 6.45) is 0.931. The van der Waals surface area contributed by atoms with Crippen molar-refractivity contribution in [3.8, 4) is 28.7 Å². The second-order valence-corrected chi connectivity index (χ2v) is 9.34. The minimum atomic E-state index is -0.944. The second kappa shape index (κ2) is 10.3. The number of rotatable bonds is 5. The van der Waals surface area contributed by atoms with Crippen LogP contribution in [0.1, 0.15) is 22.3 Å². The van der Waals surface area contributed by atoms with E-state index >= 15 is 0 Å². The lowest BCUT2D eigenvalue weighted by Gasteiger charge is -2.12. The number of fused-ring (bicyclic) bond motifs is 1. The monoisotopic (exact) mass is 526 g/mol. The highest BCUT2D eigenvalue weighted by Crippen LogP contribution is 2.33. The van der Waals surface area contributed by atoms with Crippen LogP contribution in [0.15, 0.2) is 105 Å². The normalized spacial score (nSPS) is 14.6. The van der Waals surface area contributed by atoms with Crippen molar-refractivity contribution in [2.24, 2.45) is 12.0 Å². The average molecular weight is 527 g/mol. The zero-order valence-electron chi connectivity index (χ0n) is 21.4. The first kappa shape index (κ1) is 24.7. The lowest BCUT2D eigenvalue weighted by molar-refractivity contribution is -0.119. The molecule has 0 amide bonds. The molecule has 0 saturated carbocycles. The quantitative estimate of drug-likeness (QED) is 0.360. The maximum Gasteiger partial charge on any atom is 0.317 e. The molecule has 194 valence electrons. The number of aliphatic imine (C=N–C) groups is 1. The Morgan fingerprint density at radius 1 is 0.900 bits per heavy atom. The minimum Gasteiger partial charge on any atom is -0.403 e. The Kier molecular flexibility index (Phi) is 6.34. The van der Waals surface area contributed by atoms with Crippen molar-refractivity contribution in [3.63, 3.8) is 0 Å². The van der Waals surface area contributed by atoms with Gasteiger partial charge in [-0.25, -0.2) is 0 Å². The number of benzene rings is 3. The van der Waals surface area contributed by atoms with Crippen molar-refractivity contribution >= 4 is 17.5 Å². The van der Waals surface area contributed by atoms with Crippen LogP contribution in [0.2, 0.25) is 0 Å². The van der Waals surface area contributed by atoms with Crippen LogP contribution in [-0.4, -0.2) is 32.4 Å². The van der Waals surface area contributed by atoms with Crippen LogP contribution >= 0.6 is 0 Å². The third kappa shape index (κ3) is 4.70. The number of anilines is 1. The molecule has 0 fully saturated rings. The van der Waals surface area contributed by atoms with E-state index in [9.17, 15) is 14.9 Å². The van der Waals surface area contributed by atoms with Crippen molar-refractivity contribution in [2.45, 2.75) is 12.6 Å². The first-order valence-electron chi connectivity index (χ1n) is 12.6. The number of Topliss-reactive ketones (excluding diaryl/α,β-unsaturated/α-hetero) is 1. The third-order valence-electron chi connectivity index (χ3n) is 6.71. The van der Waals surface area contributed by atoms with E-state index in [1.54, 1.807) is 37.5 Å². The number of nitrogens with one attached hydrogen (secondary N) is 1. The van der Waals surface area contributed by atoms with Crippen molar-refractivity contribution in [1.29, 1.82) is 5.26 Å². The zero-order chi connectivity index (χ0) is 27.6. The summed E-state index contributed by atoms with van der Waals surface area (Å²) < 4.78 is 7.42. The van der Waals surface area contributed by atoms with Gasteiger partial charge in [0.1, 0.15) is 0 Å². The molecule has 1 atom stereocenters. The molecule has 0 aliphatic carbocycles. The molecular formula is C31H22N6O3. The van der Waals surface area contributed by atoms with Gasteiger partial charge in [-0.2, -0.15) is 5.26 Å². The van der Waals surface area contributed by atoms with Gasteiger partial charge in [0.15, 0.2) is 11.9 Å². The number of carbonyl (C=O) groups is 1. The van der Waals surface area contributed by atoms with Crippen molar-refractivity contribution in [3.05, 3.63) is 124 Å². The number of nitrogens with zero attached hydrogens (tertiary/aromatic N) is 5. The smallest absolute Gasteiger partial charge is 0.317 e. The molecule has 5 aromatic rings. The Labute approximate surface area is 229 Å². The van der Waals surface area contributed by atoms with Crippen LogP contribution in [0.4, 0.5) is 6.01 Å². The molecule has 1 N–H and O–H groups in total. The lowest BCUT2D eigenvalue weighted by atomic mass is 9.96. The predicted molar refractivity (Wildman–Crippen MR) is 150 cm³/mol. The van der Waals surface area contributed by atoms with Crippen molar-refractivity contribution < 1.29 is 9.21 Å². The number of nitriles is 1. The van der Waals surface area contributed by atoms with E-state index in [-0.39, 0.29) is 29.7 Å². The van der Waals surface area contributed by atoms with Crippen LogP contribution in [0.25, 0.3) is 22.6 Å². The Morgan fingerprint density at radius 3 is 2.50 bits per heavy atom. The number of aryl methyl sites for hydroxylation is 1. The summed E-state index contributed by atoms with van der Waals surface area (Å²) in [5.41, 5.74) is 5.60. The molecule has 9 heteroatoms. The van der Waals surface area contributed by atoms with Gasteiger partial charge in [0, 0.05) is 42.4 Å². The molecule has 0 saturated heterocycles. The molecule has 0 bridgehead atoms. The number of pyridine rings is 1. The number of aromatic nitrogens is 3. The molecule has 0 unspecified atom stereocenters. The van der Waals surface area contributed by atoms with Gasteiger partial charge in [0.05, 0.1) is 17.3 Å². The summed E-state index contributed by atoms with van der Waals surface area (Å²) in [6.45, 7) is 0. The van der Waals surface area contributed by atoms with E-state index in [4.69, 9.17) is 9.41 Å². The molecule has 1 aliphatic rings. The highest BCUT2D eigenvalue weighted by molar-refractivity contribution is 6.16. The molecule has 1 aliphatic heterocycles. The average Bonchev–Trinajstić information content (AvgIpc) is 3.40. The van der Waals surface area contributed by atoms with E-state index in [1.807, 2.05) is 54.6 Å². The zero-order valence-corrected chi connectivity index (χ0v) is 21.4. The molecule has 9 nitrogen and oxygen atoms in total. The number of hydrogen-bond donors (Lipinski definition) is 1. The number of carbonyl (C=O) groups excluding carboxylic acids is 1. The summed E-state index contributed by atoms with van der Waals surface area (Å²) in [6, 6.07) is 27.8. The Bertz CT molecular complexity index is 1880. The summed E-state index contributed by atoms with van der Waals surface area (Å²) in [7, 11) is 1.65. The molecule has 3 heterocycles. The minimum absolute atomic E-state index is 0.0336. The van der Waals surface area contributed by atoms with E-state index in [0.29, 0.717) is 28.0 Å². The van der Waals surface area contributed by atoms with Crippen LogP contribution in [0.5, 0.6) is 0 Å². The highest BCUT2D eigenvalue weighted by Gasteiger charge is 2.27. The fraction of sp³-hybridized carbons (Fsp3) is 0.0968. The van der Waals surface area contributed by atoms with Gasteiger partial charge in [0.25, 0.3) is 0 Å². The van der Waals surface area contributed by atoms with Gasteiger partial charge < -0.3 is 14.3 Å². The topological polar surface area (TPSA) is 126 Å². The first-order valence-corrected chi connectivity index (χ1v) is 12.6. The molecule has 2 aromatic heterocycles. The summed E-state index contributed by atoms with van der Waals surface area (Å²) in [5.74, 6) is 0.0508. The Morgan fingerprint density at radius 2 is 1.70 bits per heavy atom. The molecule has 0 spiro atoms. The van der Waals surface area contributed by atoms with Gasteiger partial charge >= 0.3 is 6.01 Å². The summed E-state index contributed by atoms with van der Waals surface area (Å²) >= 11 is 0. The fourth-order valence-electron chi connectivity index (χ4n) is 4.70. The second-order valence-electron chi connectivity index (χ2n) is 9.34. The first-order chi connectivity index (χ1) is 19.5. The fourth-order valence-corrected chi connectivity index (χ4v) is 4.70. The van der Waals surface area contributed by atoms with Crippen LogP contribution in [0, 0.1) is 11.3 Å². The van der Waals surface area contributed by atoms with Crippen LogP contribution < -0.4 is 10.9 Å². The predicted octanol–water partition coefficient (Wildman–Crippen LogP) is 4.37. The molecular weight excluding hydrogens is 504 g/mol. The molecule has 0 radical (unpaired) electrons. The van der Waals surface area contributed by atoms with Crippen molar-refractivity contribution in [2.75, 3.05) is 5.32 Å². The highest BCUT2D eigenvalue weighted by atomic mass is 16.4. The molecule has 40 heavy (non-hydrogen) atoms. The van der Waals surface area contributed by atoms with Gasteiger partial charge in [-0.3, -0.25) is 14.6 Å². The van der Waals surface area contributed by atoms with Crippen LogP contribution in [0.3, 0.4) is 0 Å². The van der Waals surface area contributed by atoms with E-state index in [0.717, 1.165) is 16.7 Å². The van der Waals surface area contributed by atoms with Gasteiger partial charge in [-0.05, 0) is 41.0 Å². The maximum atomic E-state index is 13.3. The third-order valence-corrected chi connectivity index (χ3v) is 6.71. The van der Waals surface area contributed by atoms with Crippen molar-refractivity contribution in [1.82, 2.24) is 14.8 Å². The number of hydrogen-bond acceptors (Lipinski definition) is 8. The maximum absolute atomic E-state index is 13.3. The van der Waals surface area contributed by atoms with Crippen LogP contribution in [-0.2, 0) is 18.3 Å². The summed E-state index contributed by atoms with van der Waals surface area (Å²) in [5, 5.41) is 20.8. The van der Waals surface area contributed by atoms with E-state index in [1.165, 1.54) is 10.6 Å². The Hall–Kier alpha value is -5.62. The Balaban J connectivity index is 1.37. The largest absolute Gasteiger partial charge is 0.403 e. The van der Waals surface area contributed by atoms with E-state index in [2.05, 4.69) is 21.6 Å². The number of ketones is 1. The molecule has 6 rings (SSSR count). The summed E-state index contributed by atoms with van der Waals surface area (Å²) in [4.78, 5) is 30.0. The van der Waals surface area contributed by atoms with Gasteiger partial charge in [0.2, 0.25) is 11.4 Å². The lowest BCUT2D eigenvalue weighted by Crippen LogP contribution is -2.29.